The normalized spacial score (nSPS) is 18.7. The number of hydrogen-bond donors (Lipinski definition) is 4. The van der Waals surface area contributed by atoms with Gasteiger partial charge in [-0.15, -0.1) is 0 Å². The number of carbonyl (C=O) groups is 2. The van der Waals surface area contributed by atoms with Crippen molar-refractivity contribution in [2.24, 2.45) is 5.41 Å². The Labute approximate surface area is 416 Å². The lowest BCUT2D eigenvalue weighted by Crippen LogP contribution is -2.47. The number of nitrogens with zero attached hydrogens (tertiary/aromatic N) is 5. The molecule has 9 rings (SSSR count). The van der Waals surface area contributed by atoms with Gasteiger partial charge < -0.3 is 29.7 Å². The van der Waals surface area contributed by atoms with Crippen LogP contribution in [0, 0.1) is 15.5 Å². The van der Waals surface area contributed by atoms with Crippen LogP contribution in [0.2, 0.25) is 5.02 Å². The maximum Gasteiger partial charge on any atom is 0.410 e. The molecule has 1 aliphatic carbocycles. The van der Waals surface area contributed by atoms with E-state index in [1.807, 2.05) is 12.1 Å². The monoisotopic (exact) mass is 1010 g/mol. The smallest absolute Gasteiger partial charge is 0.410 e. The number of amides is 2. The first kappa shape index (κ1) is 49.2. The minimum absolute atomic E-state index is 0.0385. The lowest BCUT2D eigenvalue weighted by Gasteiger charge is -2.39. The summed E-state index contributed by atoms with van der Waals surface area (Å²) < 4.78 is 42.4. The van der Waals surface area contributed by atoms with Gasteiger partial charge in [0.15, 0.2) is 5.13 Å². The van der Waals surface area contributed by atoms with Gasteiger partial charge in [0.25, 0.3) is 21.6 Å². The zero-order valence-electron chi connectivity index (χ0n) is 39.1. The standard InChI is InChI=1S/C50H57ClN8O9S2/c1-50(2)18-13-33(41(30-50)32-3-5-34(51)6-4-32)31-56-21-23-58(24-22-56)37-7-10-40(45(27-37)68-38-8-11-43-46(28-38)69-48(53-43)54-49(61)62)47(60)55-70(65,66)39-9-12-42(44(29-39)59(63)64)52-35-14-19-57(20-15-35)36-16-25-67-26-17-36/h3-12,27-29,35-36,52H,13-26,30-31H2,1-2H3,(H,53,54)(H,55,60)(H,61,62). The van der Waals surface area contributed by atoms with Crippen LogP contribution in [-0.4, -0.2) is 116 Å². The first-order chi connectivity index (χ1) is 33.6. The summed E-state index contributed by atoms with van der Waals surface area (Å²) in [7, 11) is -4.63. The number of nitro benzene ring substituents is 1. The van der Waals surface area contributed by atoms with Gasteiger partial charge in [0.2, 0.25) is 0 Å². The number of anilines is 3. The second kappa shape index (κ2) is 20.9. The number of rotatable bonds is 14. The molecule has 0 spiro atoms. The van der Waals surface area contributed by atoms with Gasteiger partial charge in [-0.2, -0.15) is 0 Å². The molecule has 3 aliphatic heterocycles. The molecule has 2 amide bonds. The van der Waals surface area contributed by atoms with Crippen molar-refractivity contribution in [1.29, 1.82) is 0 Å². The number of carboxylic acid groups (broad SMARTS) is 1. The van der Waals surface area contributed by atoms with Crippen molar-refractivity contribution in [2.45, 2.75) is 75.8 Å². The Bertz CT molecular complexity index is 2910. The molecule has 0 unspecified atom stereocenters. The van der Waals surface area contributed by atoms with Crippen molar-refractivity contribution in [3.63, 3.8) is 0 Å². The number of carbonyl (C=O) groups excluding carboxylic acids is 1. The molecule has 370 valence electrons. The first-order valence-electron chi connectivity index (χ1n) is 23.7. The van der Waals surface area contributed by atoms with E-state index in [0.29, 0.717) is 40.1 Å². The summed E-state index contributed by atoms with van der Waals surface area (Å²) in [4.78, 5) is 48.1. The second-order valence-corrected chi connectivity index (χ2v) is 22.4. The summed E-state index contributed by atoms with van der Waals surface area (Å²) >= 11 is 7.36. The quantitative estimate of drug-likeness (QED) is 0.0603. The lowest BCUT2D eigenvalue weighted by molar-refractivity contribution is -0.384. The summed E-state index contributed by atoms with van der Waals surface area (Å²) in [5.41, 5.74) is 5.21. The van der Waals surface area contributed by atoms with Gasteiger partial charge in [-0.25, -0.2) is 22.9 Å². The largest absolute Gasteiger partial charge is 0.465 e. The number of halogens is 1. The number of fused-ring (bicyclic) bond motifs is 1. The highest BCUT2D eigenvalue weighted by atomic mass is 35.5. The summed E-state index contributed by atoms with van der Waals surface area (Å²) in [5, 5.41) is 28.0. The first-order valence-corrected chi connectivity index (χ1v) is 26.3. The van der Waals surface area contributed by atoms with E-state index in [0.717, 1.165) is 114 Å². The highest BCUT2D eigenvalue weighted by Gasteiger charge is 2.32. The molecule has 17 nitrogen and oxygen atoms in total. The maximum atomic E-state index is 14.1. The van der Waals surface area contributed by atoms with Crippen LogP contribution in [0.15, 0.2) is 89.3 Å². The SMILES string of the molecule is CC1(C)CCC(CN2CCN(c3ccc(C(=O)NS(=O)(=O)c4ccc(NC5CCN(C6CCOCC6)CC5)c([N+](=O)[O-])c4)c(Oc4ccc5nc(NC(=O)O)sc5c4)c3)CC2)=C(c2ccc(Cl)cc2)C1. The summed E-state index contributed by atoms with van der Waals surface area (Å²) in [5.74, 6) is -0.638. The number of likely N-dealkylation sites (tertiary alicyclic amines) is 1. The van der Waals surface area contributed by atoms with Gasteiger partial charge in [0.05, 0.1) is 25.6 Å². The average Bonchev–Trinajstić information content (AvgIpc) is 3.74. The number of benzene rings is 4. The fourth-order valence-electron chi connectivity index (χ4n) is 9.98. The number of nitro groups is 1. The molecule has 0 bridgehead atoms. The molecular weight excluding hydrogens is 956 g/mol. The van der Waals surface area contributed by atoms with Crippen molar-refractivity contribution < 1.29 is 37.5 Å². The predicted octanol–water partition coefficient (Wildman–Crippen LogP) is 9.70. The molecule has 0 atom stereocenters. The van der Waals surface area contributed by atoms with Crippen molar-refractivity contribution in [3.05, 3.63) is 111 Å². The molecule has 20 heteroatoms. The minimum atomic E-state index is -4.63. The van der Waals surface area contributed by atoms with E-state index in [1.54, 1.807) is 30.3 Å². The van der Waals surface area contributed by atoms with E-state index in [-0.39, 0.29) is 33.6 Å². The number of allylic oxidation sites excluding steroid dienone is 1. The van der Waals surface area contributed by atoms with Gasteiger partial charge in [-0.3, -0.25) is 25.1 Å². The van der Waals surface area contributed by atoms with Gasteiger partial charge in [0.1, 0.15) is 17.2 Å². The Morgan fingerprint density at radius 1 is 0.957 bits per heavy atom. The number of nitrogens with one attached hydrogen (secondary N) is 3. The molecule has 1 aromatic heterocycles. The number of piperidine rings is 1. The molecule has 0 radical (unpaired) electrons. The summed E-state index contributed by atoms with van der Waals surface area (Å²) in [6.45, 7) is 11.6. The second-order valence-electron chi connectivity index (χ2n) is 19.2. The Hall–Kier alpha value is -5.83. The number of sulfonamides is 1. The number of piperazine rings is 1. The fraction of sp³-hybridized carbons (Fsp3) is 0.420. The van der Waals surface area contributed by atoms with Crippen LogP contribution in [0.1, 0.15) is 74.7 Å². The molecule has 4 aromatic carbocycles. The Morgan fingerprint density at radius 3 is 2.41 bits per heavy atom. The predicted molar refractivity (Wildman–Crippen MR) is 272 cm³/mol. The van der Waals surface area contributed by atoms with Crippen LogP contribution in [0.5, 0.6) is 11.5 Å². The maximum absolute atomic E-state index is 14.1. The van der Waals surface area contributed by atoms with Crippen LogP contribution < -0.4 is 25.0 Å². The van der Waals surface area contributed by atoms with Gasteiger partial charge in [-0.1, -0.05) is 54.5 Å². The number of ether oxygens (including phenoxy) is 2. The highest BCUT2D eigenvalue weighted by Crippen LogP contribution is 2.44. The van der Waals surface area contributed by atoms with E-state index in [9.17, 15) is 33.2 Å². The Balaban J connectivity index is 0.926. The third kappa shape index (κ3) is 11.7. The zero-order valence-corrected chi connectivity index (χ0v) is 41.5. The minimum Gasteiger partial charge on any atom is -0.465 e. The summed E-state index contributed by atoms with van der Waals surface area (Å²) in [6, 6.07) is 22.1. The van der Waals surface area contributed by atoms with Crippen LogP contribution in [0.3, 0.4) is 0 Å². The Morgan fingerprint density at radius 2 is 1.70 bits per heavy atom. The Kier molecular flexibility index (Phi) is 14.7. The molecule has 4 heterocycles. The van der Waals surface area contributed by atoms with Crippen molar-refractivity contribution >= 4 is 82.9 Å². The zero-order chi connectivity index (χ0) is 49.2. The molecule has 0 saturated carbocycles. The van der Waals surface area contributed by atoms with Gasteiger partial charge in [-0.05, 0) is 110 Å². The van der Waals surface area contributed by atoms with Crippen LogP contribution in [-0.2, 0) is 14.8 Å². The van der Waals surface area contributed by atoms with Crippen molar-refractivity contribution in [3.8, 4) is 11.5 Å². The lowest BCUT2D eigenvalue weighted by atomic mass is 9.72. The molecule has 4 aliphatic rings. The van der Waals surface area contributed by atoms with Crippen LogP contribution in [0.25, 0.3) is 15.8 Å². The molecule has 3 saturated heterocycles. The van der Waals surface area contributed by atoms with Crippen molar-refractivity contribution in [1.82, 2.24) is 19.5 Å². The van der Waals surface area contributed by atoms with E-state index in [4.69, 9.17) is 21.1 Å². The number of aromatic nitrogens is 1. The van der Waals surface area contributed by atoms with Crippen LogP contribution in [0.4, 0.5) is 27.0 Å². The van der Waals surface area contributed by atoms with E-state index in [2.05, 4.69) is 61.0 Å². The average molecular weight is 1010 g/mol. The van der Waals surface area contributed by atoms with Gasteiger partial charge >= 0.3 is 6.09 Å². The molecule has 3 fully saturated rings. The number of thiazole rings is 1. The molecular formula is C50H57ClN8O9S2. The molecule has 70 heavy (non-hydrogen) atoms. The molecule has 5 aromatic rings. The summed E-state index contributed by atoms with van der Waals surface area (Å²) in [6.07, 6.45) is 5.39. The number of hydrogen-bond acceptors (Lipinski definition) is 14. The van der Waals surface area contributed by atoms with Crippen molar-refractivity contribution in [2.75, 3.05) is 74.6 Å². The molecule has 4 N–H and O–H groups in total. The van der Waals surface area contributed by atoms with Crippen LogP contribution >= 0.6 is 22.9 Å². The van der Waals surface area contributed by atoms with E-state index < -0.39 is 37.5 Å². The highest BCUT2D eigenvalue weighted by molar-refractivity contribution is 7.90. The topological polar surface area (TPSA) is 209 Å². The third-order valence-electron chi connectivity index (χ3n) is 13.8. The van der Waals surface area contributed by atoms with E-state index >= 15 is 0 Å². The van der Waals surface area contributed by atoms with Gasteiger partial charge in [0, 0.05) is 100 Å². The van der Waals surface area contributed by atoms with E-state index in [1.165, 1.54) is 34.9 Å². The third-order valence-corrected chi connectivity index (χ3v) is 16.4. The fourth-order valence-corrected chi connectivity index (χ4v) is 12.0.